The minimum absolute atomic E-state index is 0. The van der Waals surface area contributed by atoms with Gasteiger partial charge in [0.1, 0.15) is 6.79 Å². The molecule has 0 bridgehead atoms. The van der Waals surface area contributed by atoms with Gasteiger partial charge in [-0.3, -0.25) is 6.79 Å². The van der Waals surface area contributed by atoms with Crippen LogP contribution in [0.25, 0.3) is 0 Å². The normalized spacial score (nSPS) is 1.60. The van der Waals surface area contributed by atoms with Crippen LogP contribution in [0.4, 0.5) is 0 Å². The fourth-order valence-corrected chi connectivity index (χ4v) is 0. The molecule has 33 valence electrons. The van der Waals surface area contributed by atoms with Crippen molar-refractivity contribution in [2.24, 2.45) is 0 Å². The Balaban J connectivity index is -0.0000000133. The number of hydrogen-bond acceptors (Lipinski definition) is 2. The molecule has 0 aliphatic rings. The first-order valence-electron chi connectivity index (χ1n) is 0.524. The summed E-state index contributed by atoms with van der Waals surface area (Å²) in [5.41, 5.74) is 0. The Morgan fingerprint density at radius 3 is 1.20 bits per heavy atom. The van der Waals surface area contributed by atoms with E-state index in [9.17, 15) is 0 Å². The van der Waals surface area contributed by atoms with E-state index in [1.807, 2.05) is 6.79 Å². The van der Waals surface area contributed by atoms with Crippen LogP contribution in [0.2, 0.25) is 0 Å². The summed E-state index contributed by atoms with van der Waals surface area (Å²) in [4.78, 5) is 15.8. The van der Waals surface area contributed by atoms with Crippen LogP contribution in [0.3, 0.4) is 0 Å². The largest absolute Gasteiger partial charge is 0.545 e. The minimum Gasteiger partial charge on any atom is -0.545 e. The average molecular weight is 162 g/mol. The third kappa shape index (κ3) is 11400. The predicted molar refractivity (Wildman–Crippen MR) is 13.9 cm³/mol. The zero-order valence-corrected chi connectivity index (χ0v) is 4.07. The van der Waals surface area contributed by atoms with Crippen LogP contribution >= 0.6 is 0 Å². The SMILES string of the molecule is C=O.[CH-]=O.[Rh]. The summed E-state index contributed by atoms with van der Waals surface area (Å²) < 4.78 is 0. The van der Waals surface area contributed by atoms with Gasteiger partial charge in [-0.15, -0.1) is 0 Å². The maximum Gasteiger partial charge on any atom is 0.106 e. The molecule has 3 heteroatoms. The predicted octanol–water partition coefficient (Wildman–Crippen LogP) is -0.462. The molecule has 0 heterocycles. The monoisotopic (exact) mass is 162 g/mol. The van der Waals surface area contributed by atoms with Gasteiger partial charge in [-0.1, -0.05) is 0 Å². The smallest absolute Gasteiger partial charge is 0.106 e. The molecular weight excluding hydrogens is 159 g/mol. The molecular formula is C2H3O2Rh-. The zero-order valence-electron chi connectivity index (χ0n) is 2.43. The van der Waals surface area contributed by atoms with Gasteiger partial charge in [-0.05, 0) is 0 Å². The molecule has 0 aromatic heterocycles. The summed E-state index contributed by atoms with van der Waals surface area (Å²) in [6.45, 7) is 5.25. The van der Waals surface area contributed by atoms with Crippen LogP contribution in [0.1, 0.15) is 0 Å². The van der Waals surface area contributed by atoms with E-state index in [-0.39, 0.29) is 19.5 Å². The second-order valence-electron chi connectivity index (χ2n) is 0. The van der Waals surface area contributed by atoms with Crippen molar-refractivity contribution in [3.05, 3.63) is 0 Å². The molecule has 0 N–H and O–H groups in total. The van der Waals surface area contributed by atoms with Crippen molar-refractivity contribution in [3.63, 3.8) is 0 Å². The van der Waals surface area contributed by atoms with E-state index in [4.69, 9.17) is 9.59 Å². The summed E-state index contributed by atoms with van der Waals surface area (Å²) >= 11 is 0. The van der Waals surface area contributed by atoms with Gasteiger partial charge in [0, 0.05) is 19.5 Å². The molecule has 0 aromatic rings. The van der Waals surface area contributed by atoms with E-state index in [1.165, 1.54) is 0 Å². The third-order valence-corrected chi connectivity index (χ3v) is 0. The first-order chi connectivity index (χ1) is 2.00. The molecule has 0 spiro atoms. The maximum atomic E-state index is 8.00. The van der Waals surface area contributed by atoms with Crippen LogP contribution in [0, 0.1) is 0 Å². The minimum atomic E-state index is 0. The van der Waals surface area contributed by atoms with E-state index in [2.05, 4.69) is 6.79 Å². The molecule has 5 heavy (non-hydrogen) atoms. The van der Waals surface area contributed by atoms with Crippen LogP contribution in [0.15, 0.2) is 0 Å². The van der Waals surface area contributed by atoms with Gasteiger partial charge in [0.05, 0.1) is 0 Å². The maximum absolute atomic E-state index is 8.00. The van der Waals surface area contributed by atoms with Crippen LogP contribution in [-0.4, -0.2) is 13.6 Å². The van der Waals surface area contributed by atoms with Gasteiger partial charge in [-0.2, -0.15) is 0 Å². The van der Waals surface area contributed by atoms with Crippen LogP contribution < -0.4 is 0 Å². The Kier molecular flexibility index (Phi) is 105000. The average Bonchev–Trinajstić information content (AvgIpc) is 1.50. The van der Waals surface area contributed by atoms with Gasteiger partial charge < -0.3 is 9.59 Å². The van der Waals surface area contributed by atoms with E-state index in [0.29, 0.717) is 0 Å². The number of hydrogen-bond donors (Lipinski definition) is 0. The number of carbonyl (C=O) groups is 1. The Bertz CT molecular complexity index is 9.61. The summed E-state index contributed by atoms with van der Waals surface area (Å²) in [6.07, 6.45) is 0. The molecule has 0 fully saturated rings. The van der Waals surface area contributed by atoms with Gasteiger partial charge >= 0.3 is 0 Å². The first-order valence-corrected chi connectivity index (χ1v) is 0.524. The van der Waals surface area contributed by atoms with Crippen molar-refractivity contribution in [1.82, 2.24) is 0 Å². The van der Waals surface area contributed by atoms with Gasteiger partial charge in [0.25, 0.3) is 0 Å². The summed E-state index contributed by atoms with van der Waals surface area (Å²) in [5, 5.41) is 0. The Labute approximate surface area is 43.3 Å². The summed E-state index contributed by atoms with van der Waals surface area (Å²) in [7, 11) is 0. The van der Waals surface area contributed by atoms with Crippen LogP contribution in [0.5, 0.6) is 0 Å². The van der Waals surface area contributed by atoms with Gasteiger partial charge in [-0.25, -0.2) is 0 Å². The number of carbonyl (C=O) groups excluding carboxylic acids is 2. The quantitative estimate of drug-likeness (QED) is 0.274. The van der Waals surface area contributed by atoms with E-state index in [0.717, 1.165) is 0 Å². The van der Waals surface area contributed by atoms with Gasteiger partial charge in [0.2, 0.25) is 0 Å². The third-order valence-electron chi connectivity index (χ3n) is 0. The standard InChI is InChI=1S/CH2O.CHO.Rh/c2*1-2;/h1H2;1H;/q;-1;. The molecule has 0 aliphatic carbocycles. The van der Waals surface area contributed by atoms with E-state index in [1.54, 1.807) is 0 Å². The van der Waals surface area contributed by atoms with Crippen molar-refractivity contribution < 1.29 is 29.1 Å². The van der Waals surface area contributed by atoms with Crippen LogP contribution in [-0.2, 0) is 29.1 Å². The molecule has 0 unspecified atom stereocenters. The first kappa shape index (κ1) is 20.2. The van der Waals surface area contributed by atoms with Gasteiger partial charge in [0.15, 0.2) is 0 Å². The van der Waals surface area contributed by atoms with Crippen molar-refractivity contribution in [2.75, 3.05) is 0 Å². The molecule has 0 aliphatic heterocycles. The summed E-state index contributed by atoms with van der Waals surface area (Å²) in [5.74, 6) is 0. The molecule has 1 radical (unpaired) electrons. The molecule has 0 saturated carbocycles. The second-order valence-corrected chi connectivity index (χ2v) is 0. The van der Waals surface area contributed by atoms with E-state index < -0.39 is 0 Å². The fourth-order valence-electron chi connectivity index (χ4n) is 0. The fraction of sp³-hybridized carbons (Fsp3) is 0. The van der Waals surface area contributed by atoms with E-state index >= 15 is 0 Å². The molecule has 0 rings (SSSR count). The summed E-state index contributed by atoms with van der Waals surface area (Å²) in [6, 6.07) is 0. The molecule has 2 nitrogen and oxygen atoms in total. The molecule has 0 saturated heterocycles. The number of rotatable bonds is 0. The topological polar surface area (TPSA) is 34.1 Å². The zero-order chi connectivity index (χ0) is 4.00. The Morgan fingerprint density at radius 1 is 1.20 bits per heavy atom. The molecule has 0 atom stereocenters. The molecule has 0 aromatic carbocycles. The van der Waals surface area contributed by atoms with Crippen molar-refractivity contribution >= 4 is 13.6 Å². The Hall–Kier alpha value is -0.0366. The van der Waals surface area contributed by atoms with Crippen molar-refractivity contribution in [1.29, 1.82) is 0 Å². The Morgan fingerprint density at radius 2 is 1.20 bits per heavy atom. The molecule has 0 amide bonds. The second kappa shape index (κ2) is 25900. The van der Waals surface area contributed by atoms with Crippen molar-refractivity contribution in [3.8, 4) is 0 Å². The van der Waals surface area contributed by atoms with Crippen molar-refractivity contribution in [2.45, 2.75) is 0 Å².